The van der Waals surface area contributed by atoms with Crippen molar-refractivity contribution in [1.82, 2.24) is 4.98 Å². The summed E-state index contributed by atoms with van der Waals surface area (Å²) in [6.07, 6.45) is 7.92. The highest BCUT2D eigenvalue weighted by Crippen LogP contribution is 2.54. The van der Waals surface area contributed by atoms with E-state index in [1.807, 2.05) is 12.4 Å². The number of nitrogens with zero attached hydrogens (tertiary/aromatic N) is 1. The highest BCUT2D eigenvalue weighted by molar-refractivity contribution is 5.27. The first-order valence-electron chi connectivity index (χ1n) is 5.47. The quantitative estimate of drug-likeness (QED) is 0.658. The Morgan fingerprint density at radius 1 is 1.29 bits per heavy atom. The van der Waals surface area contributed by atoms with Crippen LogP contribution in [0.3, 0.4) is 0 Å². The lowest BCUT2D eigenvalue weighted by atomic mass is 9.52. The minimum Gasteiger partial charge on any atom is -0.264 e. The van der Waals surface area contributed by atoms with Gasteiger partial charge in [0.15, 0.2) is 0 Å². The average Bonchev–Trinajstić information content (AvgIpc) is 2.01. The number of hydrogen-bond donors (Lipinski definition) is 0. The summed E-state index contributed by atoms with van der Waals surface area (Å²) in [5.74, 6) is 0. The minimum atomic E-state index is 0.355. The van der Waals surface area contributed by atoms with Crippen molar-refractivity contribution in [2.45, 2.75) is 45.4 Å². The molecule has 1 heterocycles. The Morgan fingerprint density at radius 3 is 2.36 bits per heavy atom. The summed E-state index contributed by atoms with van der Waals surface area (Å²) in [5, 5.41) is 0. The third-order valence-corrected chi connectivity index (χ3v) is 3.86. The Balaban J connectivity index is 2.39. The Labute approximate surface area is 86.6 Å². The van der Waals surface area contributed by atoms with Gasteiger partial charge in [-0.3, -0.25) is 4.98 Å². The lowest BCUT2D eigenvalue weighted by Crippen LogP contribution is -2.45. The van der Waals surface area contributed by atoms with E-state index >= 15 is 0 Å². The summed E-state index contributed by atoms with van der Waals surface area (Å²) in [6, 6.07) is 4.29. The van der Waals surface area contributed by atoms with Gasteiger partial charge < -0.3 is 0 Å². The van der Waals surface area contributed by atoms with Gasteiger partial charge in [0, 0.05) is 17.8 Å². The minimum absolute atomic E-state index is 0.355. The van der Waals surface area contributed by atoms with Gasteiger partial charge in [-0.05, 0) is 29.9 Å². The fourth-order valence-electron chi connectivity index (χ4n) is 2.65. The van der Waals surface area contributed by atoms with E-state index < -0.39 is 0 Å². The molecule has 1 aliphatic rings. The highest BCUT2D eigenvalue weighted by Gasteiger charge is 2.47. The maximum absolute atomic E-state index is 4.25. The van der Waals surface area contributed by atoms with Crippen molar-refractivity contribution in [1.29, 1.82) is 0 Å². The number of hydrogen-bond acceptors (Lipinski definition) is 1. The standard InChI is InChI=1S/C13H19N/c1-12(2,3)13(7-5-8-13)11-6-4-9-14-10-11/h4,6,9-10H,5,7-8H2,1-3H3. The monoisotopic (exact) mass is 189 g/mol. The normalized spacial score (nSPS) is 20.2. The van der Waals surface area contributed by atoms with Crippen LogP contribution < -0.4 is 0 Å². The molecule has 1 aliphatic carbocycles. The fraction of sp³-hybridized carbons (Fsp3) is 0.615. The highest BCUT2D eigenvalue weighted by atomic mass is 14.6. The molecule has 0 N–H and O–H groups in total. The van der Waals surface area contributed by atoms with Gasteiger partial charge in [0.25, 0.3) is 0 Å². The largest absolute Gasteiger partial charge is 0.264 e. The van der Waals surface area contributed by atoms with Crippen LogP contribution in [-0.4, -0.2) is 4.98 Å². The van der Waals surface area contributed by atoms with E-state index in [1.54, 1.807) is 0 Å². The summed E-state index contributed by atoms with van der Waals surface area (Å²) in [6.45, 7) is 7.04. The first-order chi connectivity index (χ1) is 6.56. The van der Waals surface area contributed by atoms with Gasteiger partial charge in [-0.2, -0.15) is 0 Å². The van der Waals surface area contributed by atoms with Gasteiger partial charge in [0.2, 0.25) is 0 Å². The van der Waals surface area contributed by atoms with Crippen LogP contribution in [0.1, 0.15) is 45.6 Å². The third-order valence-electron chi connectivity index (χ3n) is 3.86. The molecule has 14 heavy (non-hydrogen) atoms. The number of aromatic nitrogens is 1. The van der Waals surface area contributed by atoms with Crippen molar-refractivity contribution >= 4 is 0 Å². The lowest BCUT2D eigenvalue weighted by Gasteiger charge is -2.52. The summed E-state index contributed by atoms with van der Waals surface area (Å²) in [4.78, 5) is 4.25. The van der Waals surface area contributed by atoms with E-state index in [2.05, 4.69) is 37.9 Å². The molecule has 0 spiro atoms. The predicted octanol–water partition coefficient (Wildman–Crippen LogP) is 3.55. The van der Waals surface area contributed by atoms with Crippen molar-refractivity contribution in [2.24, 2.45) is 5.41 Å². The van der Waals surface area contributed by atoms with E-state index in [0.29, 0.717) is 10.8 Å². The molecule has 0 amide bonds. The lowest BCUT2D eigenvalue weighted by molar-refractivity contribution is 0.0848. The van der Waals surface area contributed by atoms with Gasteiger partial charge >= 0.3 is 0 Å². The molecule has 2 rings (SSSR count). The molecule has 1 fully saturated rings. The molecule has 0 radical (unpaired) electrons. The van der Waals surface area contributed by atoms with Crippen LogP contribution in [0, 0.1) is 5.41 Å². The Bertz CT molecular complexity index is 304. The first kappa shape index (κ1) is 9.70. The second-order valence-corrected chi connectivity index (χ2v) is 5.43. The topological polar surface area (TPSA) is 12.9 Å². The molecule has 0 bridgehead atoms. The van der Waals surface area contributed by atoms with Crippen LogP contribution in [0.15, 0.2) is 24.5 Å². The smallest absolute Gasteiger partial charge is 0.0305 e. The summed E-state index contributed by atoms with van der Waals surface area (Å²) >= 11 is 0. The number of pyridine rings is 1. The average molecular weight is 189 g/mol. The molecule has 0 unspecified atom stereocenters. The Kier molecular flexibility index (Phi) is 2.13. The van der Waals surface area contributed by atoms with E-state index in [0.717, 1.165) is 0 Å². The zero-order valence-corrected chi connectivity index (χ0v) is 9.38. The Hall–Kier alpha value is -0.850. The first-order valence-corrected chi connectivity index (χ1v) is 5.47. The second kappa shape index (κ2) is 3.08. The molecule has 1 heteroatoms. The molecule has 1 saturated carbocycles. The molecule has 1 nitrogen and oxygen atoms in total. The van der Waals surface area contributed by atoms with Crippen LogP contribution >= 0.6 is 0 Å². The Morgan fingerprint density at radius 2 is 2.00 bits per heavy atom. The summed E-state index contributed by atoms with van der Waals surface area (Å²) in [5.41, 5.74) is 2.17. The second-order valence-electron chi connectivity index (χ2n) is 5.43. The molecule has 0 aliphatic heterocycles. The SMILES string of the molecule is CC(C)(C)C1(c2cccnc2)CCC1. The van der Waals surface area contributed by atoms with Crippen LogP contribution in [0.4, 0.5) is 0 Å². The van der Waals surface area contributed by atoms with Gasteiger partial charge in [-0.15, -0.1) is 0 Å². The van der Waals surface area contributed by atoms with Crippen molar-refractivity contribution in [2.75, 3.05) is 0 Å². The van der Waals surface area contributed by atoms with Crippen LogP contribution in [0.25, 0.3) is 0 Å². The van der Waals surface area contributed by atoms with E-state index in [4.69, 9.17) is 0 Å². The number of rotatable bonds is 1. The molecule has 0 saturated heterocycles. The van der Waals surface area contributed by atoms with Gasteiger partial charge in [0.05, 0.1) is 0 Å². The van der Waals surface area contributed by atoms with Crippen molar-refractivity contribution < 1.29 is 0 Å². The van der Waals surface area contributed by atoms with E-state index in [-0.39, 0.29) is 0 Å². The third kappa shape index (κ3) is 1.26. The van der Waals surface area contributed by atoms with E-state index in [1.165, 1.54) is 24.8 Å². The van der Waals surface area contributed by atoms with Crippen LogP contribution in [0.5, 0.6) is 0 Å². The van der Waals surface area contributed by atoms with Gasteiger partial charge in [-0.1, -0.05) is 33.3 Å². The molecule has 1 aromatic rings. The zero-order valence-electron chi connectivity index (χ0n) is 9.38. The van der Waals surface area contributed by atoms with Crippen molar-refractivity contribution in [3.63, 3.8) is 0 Å². The van der Waals surface area contributed by atoms with Crippen LogP contribution in [-0.2, 0) is 5.41 Å². The maximum Gasteiger partial charge on any atom is 0.0305 e. The van der Waals surface area contributed by atoms with Crippen molar-refractivity contribution in [3.8, 4) is 0 Å². The van der Waals surface area contributed by atoms with Crippen molar-refractivity contribution in [3.05, 3.63) is 30.1 Å². The molecular formula is C13H19N. The summed E-state index contributed by atoms with van der Waals surface area (Å²) in [7, 11) is 0. The molecular weight excluding hydrogens is 170 g/mol. The molecule has 76 valence electrons. The molecule has 0 atom stereocenters. The van der Waals surface area contributed by atoms with Gasteiger partial charge in [0.1, 0.15) is 0 Å². The molecule has 1 aromatic heterocycles. The van der Waals surface area contributed by atoms with Gasteiger partial charge in [-0.25, -0.2) is 0 Å². The molecule has 0 aromatic carbocycles. The fourth-order valence-corrected chi connectivity index (χ4v) is 2.65. The van der Waals surface area contributed by atoms with E-state index in [9.17, 15) is 0 Å². The predicted molar refractivity (Wildman–Crippen MR) is 59.2 cm³/mol. The summed E-state index contributed by atoms with van der Waals surface area (Å²) < 4.78 is 0. The zero-order chi connectivity index (χ0) is 10.2. The van der Waals surface area contributed by atoms with Crippen LogP contribution in [0.2, 0.25) is 0 Å². The maximum atomic E-state index is 4.25.